The van der Waals surface area contributed by atoms with Crippen LogP contribution in [0.1, 0.15) is 19.5 Å². The SMILES string of the molecule is C=CN=C(C=C)c1ccccn1.CC. The van der Waals surface area contributed by atoms with Crippen LogP contribution in [0.3, 0.4) is 0 Å². The Morgan fingerprint density at radius 3 is 2.50 bits per heavy atom. The second kappa shape index (κ2) is 7.92. The molecule has 0 aliphatic carbocycles. The van der Waals surface area contributed by atoms with Gasteiger partial charge in [0.05, 0.1) is 11.4 Å². The van der Waals surface area contributed by atoms with E-state index in [0.29, 0.717) is 0 Å². The molecule has 0 unspecified atom stereocenters. The highest BCUT2D eigenvalue weighted by atomic mass is 14.8. The van der Waals surface area contributed by atoms with Crippen molar-refractivity contribution in [1.82, 2.24) is 4.98 Å². The lowest BCUT2D eigenvalue weighted by Gasteiger charge is -1.96. The molecule has 0 amide bonds. The molecule has 0 spiro atoms. The summed E-state index contributed by atoms with van der Waals surface area (Å²) in [5.74, 6) is 0. The van der Waals surface area contributed by atoms with Gasteiger partial charge in [-0.2, -0.15) is 0 Å². The first kappa shape index (κ1) is 12.3. The summed E-state index contributed by atoms with van der Waals surface area (Å²) in [6.07, 6.45) is 4.85. The van der Waals surface area contributed by atoms with E-state index in [1.807, 2.05) is 32.0 Å². The van der Waals surface area contributed by atoms with Gasteiger partial charge in [-0.3, -0.25) is 9.98 Å². The van der Waals surface area contributed by atoms with Gasteiger partial charge in [-0.25, -0.2) is 0 Å². The van der Waals surface area contributed by atoms with Crippen LogP contribution < -0.4 is 0 Å². The van der Waals surface area contributed by atoms with E-state index in [0.717, 1.165) is 11.4 Å². The monoisotopic (exact) mass is 188 g/mol. The third kappa shape index (κ3) is 3.81. The molecule has 1 rings (SSSR count). The van der Waals surface area contributed by atoms with Crippen molar-refractivity contribution in [3.8, 4) is 0 Å². The van der Waals surface area contributed by atoms with Gasteiger partial charge in [-0.05, 0) is 18.2 Å². The molecule has 2 nitrogen and oxygen atoms in total. The second-order valence-electron chi connectivity index (χ2n) is 2.12. The Bertz CT molecular complexity index is 299. The number of hydrogen-bond acceptors (Lipinski definition) is 2. The molecule has 0 saturated heterocycles. The molecule has 1 heterocycles. The van der Waals surface area contributed by atoms with E-state index in [4.69, 9.17) is 0 Å². The first-order valence-corrected chi connectivity index (χ1v) is 4.61. The summed E-state index contributed by atoms with van der Waals surface area (Å²) in [4.78, 5) is 8.13. The molecule has 2 heteroatoms. The fraction of sp³-hybridized carbons (Fsp3) is 0.167. The number of hydrogen-bond donors (Lipinski definition) is 0. The van der Waals surface area contributed by atoms with E-state index >= 15 is 0 Å². The van der Waals surface area contributed by atoms with Crippen molar-refractivity contribution < 1.29 is 0 Å². The van der Waals surface area contributed by atoms with Gasteiger partial charge in [0.15, 0.2) is 0 Å². The van der Waals surface area contributed by atoms with E-state index in [1.165, 1.54) is 6.20 Å². The minimum Gasteiger partial charge on any atom is -0.255 e. The van der Waals surface area contributed by atoms with Crippen LogP contribution in [0.4, 0.5) is 0 Å². The molecular formula is C12H16N2. The zero-order valence-corrected chi connectivity index (χ0v) is 8.77. The van der Waals surface area contributed by atoms with Gasteiger partial charge in [-0.1, -0.05) is 33.1 Å². The minimum absolute atomic E-state index is 0.741. The van der Waals surface area contributed by atoms with Gasteiger partial charge in [0.1, 0.15) is 0 Å². The van der Waals surface area contributed by atoms with Crippen LogP contribution in [0, 0.1) is 0 Å². The highest BCUT2D eigenvalue weighted by Crippen LogP contribution is 1.97. The Morgan fingerprint density at radius 2 is 2.07 bits per heavy atom. The maximum atomic E-state index is 4.12. The lowest BCUT2D eigenvalue weighted by molar-refractivity contribution is 1.29. The summed E-state index contributed by atoms with van der Waals surface area (Å²) in [7, 11) is 0. The largest absolute Gasteiger partial charge is 0.255 e. The van der Waals surface area contributed by atoms with Crippen LogP contribution >= 0.6 is 0 Å². The predicted octanol–water partition coefficient (Wildman–Crippen LogP) is 3.23. The second-order valence-corrected chi connectivity index (χ2v) is 2.12. The third-order valence-electron chi connectivity index (χ3n) is 1.35. The summed E-state index contributed by atoms with van der Waals surface area (Å²) >= 11 is 0. The first-order valence-electron chi connectivity index (χ1n) is 4.61. The highest BCUT2D eigenvalue weighted by molar-refractivity contribution is 6.07. The quantitative estimate of drug-likeness (QED) is 0.668. The normalized spacial score (nSPS) is 9.71. The number of rotatable bonds is 3. The van der Waals surface area contributed by atoms with Crippen LogP contribution in [0.2, 0.25) is 0 Å². The van der Waals surface area contributed by atoms with Crippen molar-refractivity contribution in [2.75, 3.05) is 0 Å². The number of aliphatic imine (C=N–C) groups is 1. The fourth-order valence-corrected chi connectivity index (χ4v) is 0.836. The molecule has 0 bridgehead atoms. The maximum absolute atomic E-state index is 4.12. The molecule has 0 N–H and O–H groups in total. The standard InChI is InChI=1S/C10H10N2.C2H6/c1-3-9(11-4-2)10-7-5-6-8-12-10;1-2/h3-8H,1-2H2;1-2H3. The summed E-state index contributed by atoms with van der Waals surface area (Å²) in [6.45, 7) is 11.1. The molecule has 0 saturated carbocycles. The van der Waals surface area contributed by atoms with Gasteiger partial charge in [0.25, 0.3) is 0 Å². The Labute approximate surface area is 85.7 Å². The number of nitrogens with zero attached hydrogens (tertiary/aromatic N) is 2. The molecular weight excluding hydrogens is 172 g/mol. The van der Waals surface area contributed by atoms with Crippen molar-refractivity contribution in [2.45, 2.75) is 13.8 Å². The van der Waals surface area contributed by atoms with Gasteiger partial charge in [0.2, 0.25) is 0 Å². The van der Waals surface area contributed by atoms with E-state index in [-0.39, 0.29) is 0 Å². The maximum Gasteiger partial charge on any atom is 0.0885 e. The summed E-state index contributed by atoms with van der Waals surface area (Å²) < 4.78 is 0. The molecule has 0 aliphatic rings. The van der Waals surface area contributed by atoms with Gasteiger partial charge >= 0.3 is 0 Å². The summed E-state index contributed by atoms with van der Waals surface area (Å²) in [5, 5.41) is 0. The molecule has 74 valence electrons. The van der Waals surface area contributed by atoms with Crippen LogP contribution in [0.25, 0.3) is 0 Å². The predicted molar refractivity (Wildman–Crippen MR) is 62.5 cm³/mol. The van der Waals surface area contributed by atoms with Gasteiger partial charge in [-0.15, -0.1) is 0 Å². The van der Waals surface area contributed by atoms with Crippen LogP contribution in [-0.2, 0) is 0 Å². The number of allylic oxidation sites excluding steroid dienone is 1. The smallest absolute Gasteiger partial charge is 0.0885 e. The molecule has 1 aromatic rings. The molecule has 14 heavy (non-hydrogen) atoms. The van der Waals surface area contributed by atoms with E-state index in [9.17, 15) is 0 Å². The number of aromatic nitrogens is 1. The molecule has 0 radical (unpaired) electrons. The Hall–Kier alpha value is -1.70. The Morgan fingerprint density at radius 1 is 1.36 bits per heavy atom. The van der Waals surface area contributed by atoms with Crippen molar-refractivity contribution in [3.05, 3.63) is 55.5 Å². The lowest BCUT2D eigenvalue weighted by atomic mass is 10.2. The van der Waals surface area contributed by atoms with Gasteiger partial charge in [0, 0.05) is 12.4 Å². The Kier molecular flexibility index (Phi) is 6.96. The molecule has 0 fully saturated rings. The summed E-state index contributed by atoms with van der Waals surface area (Å²) in [6, 6.07) is 5.65. The minimum atomic E-state index is 0.741. The fourth-order valence-electron chi connectivity index (χ4n) is 0.836. The van der Waals surface area contributed by atoms with Crippen molar-refractivity contribution in [1.29, 1.82) is 0 Å². The van der Waals surface area contributed by atoms with Crippen LogP contribution in [-0.4, -0.2) is 10.7 Å². The molecule has 1 aromatic heterocycles. The number of pyridine rings is 1. The highest BCUT2D eigenvalue weighted by Gasteiger charge is 1.96. The average molecular weight is 188 g/mol. The van der Waals surface area contributed by atoms with Crippen molar-refractivity contribution in [3.63, 3.8) is 0 Å². The van der Waals surface area contributed by atoms with Crippen LogP contribution in [0.5, 0.6) is 0 Å². The zero-order valence-electron chi connectivity index (χ0n) is 8.77. The zero-order chi connectivity index (χ0) is 10.8. The van der Waals surface area contributed by atoms with E-state index < -0.39 is 0 Å². The van der Waals surface area contributed by atoms with Gasteiger partial charge < -0.3 is 0 Å². The van der Waals surface area contributed by atoms with Crippen molar-refractivity contribution >= 4 is 5.71 Å². The summed E-state index contributed by atoms with van der Waals surface area (Å²) in [5.41, 5.74) is 1.55. The lowest BCUT2D eigenvalue weighted by Crippen LogP contribution is -1.97. The molecule has 0 aromatic carbocycles. The van der Waals surface area contributed by atoms with Crippen LogP contribution in [0.15, 0.2) is 54.8 Å². The van der Waals surface area contributed by atoms with Crippen molar-refractivity contribution in [2.24, 2.45) is 4.99 Å². The molecule has 0 atom stereocenters. The first-order chi connectivity index (χ1) is 6.88. The topological polar surface area (TPSA) is 25.2 Å². The van der Waals surface area contributed by atoms with E-state index in [1.54, 1.807) is 12.3 Å². The Balaban J connectivity index is 0.000000791. The molecule has 0 aliphatic heterocycles. The van der Waals surface area contributed by atoms with E-state index in [2.05, 4.69) is 23.1 Å². The average Bonchev–Trinajstić information content (AvgIpc) is 2.30. The third-order valence-corrected chi connectivity index (χ3v) is 1.35.